The third-order valence-electron chi connectivity index (χ3n) is 5.64. The van der Waals surface area contributed by atoms with E-state index in [1.165, 1.54) is 5.69 Å². The average molecular weight is 432 g/mol. The fraction of sp³-hybridized carbons (Fsp3) is 0.217. The quantitative estimate of drug-likeness (QED) is 0.500. The van der Waals surface area contributed by atoms with E-state index >= 15 is 0 Å². The zero-order chi connectivity index (χ0) is 21.4. The molecule has 7 nitrogen and oxygen atoms in total. The molecule has 1 aliphatic rings. The van der Waals surface area contributed by atoms with Crippen LogP contribution < -0.4 is 16.0 Å². The van der Waals surface area contributed by atoms with Crippen LogP contribution in [0.15, 0.2) is 60.9 Å². The Labute approximate surface area is 185 Å². The first-order chi connectivity index (χ1) is 15.1. The number of thiophene rings is 1. The smallest absolute Gasteiger partial charge is 0.180 e. The van der Waals surface area contributed by atoms with Gasteiger partial charge < -0.3 is 20.9 Å². The van der Waals surface area contributed by atoms with Crippen molar-refractivity contribution >= 4 is 39.9 Å². The largest absolute Gasteiger partial charge is 0.398 e. The molecule has 0 atom stereocenters. The number of piperazine rings is 1. The van der Waals surface area contributed by atoms with Gasteiger partial charge >= 0.3 is 0 Å². The van der Waals surface area contributed by atoms with E-state index in [2.05, 4.69) is 68.4 Å². The second-order valence-electron chi connectivity index (χ2n) is 7.80. The number of nitrogens with two attached hydrogens (primary N) is 1. The van der Waals surface area contributed by atoms with E-state index in [1.54, 1.807) is 17.5 Å². The average Bonchev–Trinajstić information content (AvgIpc) is 3.46. The van der Waals surface area contributed by atoms with Crippen LogP contribution in [0.5, 0.6) is 0 Å². The van der Waals surface area contributed by atoms with E-state index < -0.39 is 0 Å². The maximum Gasteiger partial charge on any atom is 0.180 e. The molecular weight excluding hydrogens is 406 g/mol. The van der Waals surface area contributed by atoms with E-state index in [0.29, 0.717) is 5.70 Å². The molecule has 4 heterocycles. The van der Waals surface area contributed by atoms with Crippen molar-refractivity contribution < 1.29 is 0 Å². The number of rotatable bonds is 5. The van der Waals surface area contributed by atoms with Gasteiger partial charge in [-0.1, -0.05) is 6.58 Å². The van der Waals surface area contributed by atoms with Crippen molar-refractivity contribution in [3.05, 3.63) is 65.8 Å². The van der Waals surface area contributed by atoms with Gasteiger partial charge in [-0.3, -0.25) is 4.40 Å². The molecular formula is C23H25N7S. The summed E-state index contributed by atoms with van der Waals surface area (Å²) in [5.41, 5.74) is 11.4. The lowest BCUT2D eigenvalue weighted by molar-refractivity contribution is 0.313. The molecule has 0 amide bonds. The molecule has 158 valence electrons. The summed E-state index contributed by atoms with van der Waals surface area (Å²) in [7, 11) is 2.17. The molecule has 0 spiro atoms. The molecule has 0 radical (unpaired) electrons. The predicted molar refractivity (Wildman–Crippen MR) is 129 cm³/mol. The summed E-state index contributed by atoms with van der Waals surface area (Å²) >= 11 is 1.58. The number of benzene rings is 1. The van der Waals surface area contributed by atoms with E-state index in [0.717, 1.165) is 59.5 Å². The van der Waals surface area contributed by atoms with Crippen LogP contribution in [0.4, 0.5) is 17.2 Å². The first kappa shape index (κ1) is 19.6. The van der Waals surface area contributed by atoms with Gasteiger partial charge in [0, 0.05) is 66.6 Å². The van der Waals surface area contributed by atoms with Crippen LogP contribution in [0.3, 0.4) is 0 Å². The summed E-state index contributed by atoms with van der Waals surface area (Å²) in [6.45, 7) is 8.13. The summed E-state index contributed by atoms with van der Waals surface area (Å²) < 4.78 is 2.04. The lowest BCUT2D eigenvalue weighted by Crippen LogP contribution is -2.44. The number of hydrogen-bond donors (Lipinski definition) is 2. The van der Waals surface area contributed by atoms with Crippen LogP contribution in [0, 0.1) is 0 Å². The summed E-state index contributed by atoms with van der Waals surface area (Å²) in [6.07, 6.45) is 5.60. The maximum absolute atomic E-state index is 5.84. The van der Waals surface area contributed by atoms with Crippen molar-refractivity contribution in [3.63, 3.8) is 0 Å². The monoisotopic (exact) mass is 431 g/mol. The zero-order valence-corrected chi connectivity index (χ0v) is 18.3. The van der Waals surface area contributed by atoms with Crippen molar-refractivity contribution in [3.8, 4) is 11.3 Å². The summed E-state index contributed by atoms with van der Waals surface area (Å²) in [6, 6.07) is 10.6. The number of nitrogens with zero attached hydrogens (tertiary/aromatic N) is 5. The minimum absolute atomic E-state index is 0.574. The molecule has 0 unspecified atom stereocenters. The fourth-order valence-electron chi connectivity index (χ4n) is 3.82. The first-order valence-corrected chi connectivity index (χ1v) is 11.1. The highest BCUT2D eigenvalue weighted by Gasteiger charge is 2.15. The van der Waals surface area contributed by atoms with E-state index in [4.69, 9.17) is 5.73 Å². The molecule has 4 aromatic rings. The van der Waals surface area contributed by atoms with Crippen LogP contribution in [0.2, 0.25) is 0 Å². The molecule has 31 heavy (non-hydrogen) atoms. The number of fused-ring (bicyclic) bond motifs is 1. The predicted octanol–water partition coefficient (Wildman–Crippen LogP) is 3.88. The van der Waals surface area contributed by atoms with Crippen LogP contribution in [0.1, 0.15) is 4.88 Å². The van der Waals surface area contributed by atoms with Gasteiger partial charge in [-0.05, 0) is 37.4 Å². The van der Waals surface area contributed by atoms with E-state index in [9.17, 15) is 0 Å². The van der Waals surface area contributed by atoms with Gasteiger partial charge in [-0.2, -0.15) is 0 Å². The molecule has 1 fully saturated rings. The Kier molecular flexibility index (Phi) is 5.09. The van der Waals surface area contributed by atoms with Gasteiger partial charge in [0.25, 0.3) is 0 Å². The van der Waals surface area contributed by atoms with Gasteiger partial charge in [0.15, 0.2) is 11.5 Å². The number of likely N-dealkylation sites (N-methyl/N-ethyl adjacent to an activating group) is 1. The molecule has 1 aliphatic heterocycles. The highest BCUT2D eigenvalue weighted by Crippen LogP contribution is 2.30. The third-order valence-corrected chi connectivity index (χ3v) is 6.64. The molecule has 8 heteroatoms. The Hall–Kier alpha value is -3.36. The van der Waals surface area contributed by atoms with Gasteiger partial charge in [0.1, 0.15) is 0 Å². The Morgan fingerprint density at radius 1 is 1.13 bits per heavy atom. The molecule has 0 aliphatic carbocycles. The molecule has 3 N–H and O–H groups in total. The molecule has 5 rings (SSSR count). The van der Waals surface area contributed by atoms with Crippen LogP contribution in [0.25, 0.3) is 22.6 Å². The number of anilines is 3. The lowest BCUT2D eigenvalue weighted by Gasteiger charge is -2.34. The zero-order valence-electron chi connectivity index (χ0n) is 17.5. The third kappa shape index (κ3) is 3.87. The van der Waals surface area contributed by atoms with Crippen LogP contribution in [-0.2, 0) is 0 Å². The normalized spacial score (nSPS) is 14.8. The maximum atomic E-state index is 5.84. The minimum Gasteiger partial charge on any atom is -0.398 e. The molecule has 1 saturated heterocycles. The van der Waals surface area contributed by atoms with Crippen LogP contribution in [-0.4, -0.2) is 52.5 Å². The highest BCUT2D eigenvalue weighted by molar-refractivity contribution is 7.11. The highest BCUT2D eigenvalue weighted by atomic mass is 32.1. The summed E-state index contributed by atoms with van der Waals surface area (Å²) in [5, 5.41) is 5.48. The number of aromatic nitrogens is 3. The fourth-order valence-corrected chi connectivity index (χ4v) is 4.61. The van der Waals surface area contributed by atoms with Crippen molar-refractivity contribution in [2.45, 2.75) is 0 Å². The van der Waals surface area contributed by atoms with Crippen molar-refractivity contribution in [1.29, 1.82) is 0 Å². The van der Waals surface area contributed by atoms with Gasteiger partial charge in [-0.15, -0.1) is 11.3 Å². The Morgan fingerprint density at radius 2 is 1.90 bits per heavy atom. The number of nitrogens with one attached hydrogen (secondary N) is 1. The van der Waals surface area contributed by atoms with Crippen molar-refractivity contribution in [1.82, 2.24) is 19.3 Å². The van der Waals surface area contributed by atoms with Gasteiger partial charge in [-0.25, -0.2) is 9.97 Å². The topological polar surface area (TPSA) is 74.7 Å². The Bertz CT molecular complexity index is 1220. The second-order valence-corrected chi connectivity index (χ2v) is 8.71. The van der Waals surface area contributed by atoms with Crippen LogP contribution >= 0.6 is 11.3 Å². The minimum atomic E-state index is 0.574. The van der Waals surface area contributed by atoms with Crippen molar-refractivity contribution in [2.75, 3.05) is 43.4 Å². The molecule has 1 aromatic carbocycles. The Morgan fingerprint density at radius 3 is 2.61 bits per heavy atom. The molecule has 3 aromatic heterocycles. The SMILES string of the molecule is C=C(N)c1cc(-c2cnc(Nc3ccc(N4CCN(C)CC4)cc3)c3nccn23)cs1. The molecule has 0 bridgehead atoms. The number of imidazole rings is 1. The summed E-state index contributed by atoms with van der Waals surface area (Å²) in [5.74, 6) is 0.722. The van der Waals surface area contributed by atoms with E-state index in [1.807, 2.05) is 22.9 Å². The van der Waals surface area contributed by atoms with E-state index in [-0.39, 0.29) is 0 Å². The lowest BCUT2D eigenvalue weighted by atomic mass is 10.2. The Balaban J connectivity index is 1.39. The summed E-state index contributed by atoms with van der Waals surface area (Å²) in [4.78, 5) is 14.9. The van der Waals surface area contributed by atoms with Crippen molar-refractivity contribution in [2.24, 2.45) is 5.73 Å². The molecule has 0 saturated carbocycles. The standard InChI is InChI=1S/C23H25N7S/c1-16(24)21-13-17(15-31-21)20-14-26-22(23-25-7-8-30(20)23)27-18-3-5-19(6-4-18)29-11-9-28(2)10-12-29/h3-8,13-15H,1,9-12,24H2,2H3,(H,26,27). The second kappa shape index (κ2) is 8.05. The van der Waals surface area contributed by atoms with Gasteiger partial charge in [0.2, 0.25) is 0 Å². The van der Waals surface area contributed by atoms with Gasteiger partial charge in [0.05, 0.1) is 16.8 Å². The first-order valence-electron chi connectivity index (χ1n) is 10.2. The number of hydrogen-bond acceptors (Lipinski definition) is 7.